The summed E-state index contributed by atoms with van der Waals surface area (Å²) in [6, 6.07) is 1.77. The molecule has 1 rings (SSSR count). The van der Waals surface area contributed by atoms with Gasteiger partial charge in [-0.05, 0) is 12.5 Å². The van der Waals surface area contributed by atoms with Crippen LogP contribution < -0.4 is 17.2 Å². The average Bonchev–Trinajstić information content (AvgIpc) is 2.01. The molecule has 0 atom stereocenters. The molecular weight excluding hydrogens is 152 g/mol. The summed E-state index contributed by atoms with van der Waals surface area (Å²) in [7, 11) is 0. The monoisotopic (exact) mass is 166 g/mol. The van der Waals surface area contributed by atoms with Crippen LogP contribution in [0.5, 0.6) is 0 Å². The van der Waals surface area contributed by atoms with Crippen molar-refractivity contribution in [2.75, 3.05) is 17.2 Å². The number of pyridine rings is 1. The fraction of sp³-hybridized carbons (Fsp3) is 0.375. The van der Waals surface area contributed by atoms with E-state index >= 15 is 0 Å². The van der Waals surface area contributed by atoms with Crippen LogP contribution in [-0.2, 0) is 6.42 Å². The highest BCUT2D eigenvalue weighted by Gasteiger charge is 2.03. The predicted molar refractivity (Wildman–Crippen MR) is 51.5 cm³/mol. The third-order valence-corrected chi connectivity index (χ3v) is 1.68. The molecule has 1 heterocycles. The normalized spacial score (nSPS) is 10.1. The lowest BCUT2D eigenvalue weighted by Gasteiger charge is -2.05. The zero-order valence-electron chi connectivity index (χ0n) is 7.17. The molecule has 0 fully saturated rings. The minimum absolute atomic E-state index is 0.332. The molecule has 1 aromatic heterocycles. The Morgan fingerprint density at radius 2 is 2.00 bits per heavy atom. The van der Waals surface area contributed by atoms with Crippen molar-refractivity contribution < 1.29 is 0 Å². The molecule has 12 heavy (non-hydrogen) atoms. The van der Waals surface area contributed by atoms with Crippen LogP contribution in [0.25, 0.3) is 0 Å². The third kappa shape index (κ3) is 1.58. The summed E-state index contributed by atoms with van der Waals surface area (Å²) in [4.78, 5) is 4.10. The van der Waals surface area contributed by atoms with Gasteiger partial charge < -0.3 is 17.2 Å². The molecule has 4 heteroatoms. The second-order valence-electron chi connectivity index (χ2n) is 2.75. The van der Waals surface area contributed by atoms with Gasteiger partial charge in [0.25, 0.3) is 0 Å². The van der Waals surface area contributed by atoms with Crippen molar-refractivity contribution in [2.45, 2.75) is 19.8 Å². The number of aryl methyl sites for hydroxylation is 1. The van der Waals surface area contributed by atoms with Crippen LogP contribution in [0.2, 0.25) is 0 Å². The summed E-state index contributed by atoms with van der Waals surface area (Å²) >= 11 is 0. The second kappa shape index (κ2) is 3.30. The molecule has 0 aliphatic heterocycles. The van der Waals surface area contributed by atoms with E-state index in [1.54, 1.807) is 6.07 Å². The summed E-state index contributed by atoms with van der Waals surface area (Å²) in [5.74, 6) is 0.332. The molecule has 1 aromatic rings. The highest BCUT2D eigenvalue weighted by Crippen LogP contribution is 2.21. The molecule has 66 valence electrons. The van der Waals surface area contributed by atoms with Crippen molar-refractivity contribution in [2.24, 2.45) is 0 Å². The summed E-state index contributed by atoms with van der Waals surface area (Å²) in [5, 5.41) is 0. The zero-order chi connectivity index (χ0) is 9.14. The van der Waals surface area contributed by atoms with Gasteiger partial charge >= 0.3 is 0 Å². The van der Waals surface area contributed by atoms with E-state index < -0.39 is 0 Å². The molecule has 0 aromatic carbocycles. The van der Waals surface area contributed by atoms with Gasteiger partial charge in [0.1, 0.15) is 5.82 Å². The number of rotatable bonds is 2. The molecular formula is C8H14N4. The lowest BCUT2D eigenvalue weighted by atomic mass is 10.2. The van der Waals surface area contributed by atoms with E-state index in [0.717, 1.165) is 18.5 Å². The van der Waals surface area contributed by atoms with E-state index in [2.05, 4.69) is 11.9 Å². The molecule has 0 aliphatic rings. The van der Waals surface area contributed by atoms with Gasteiger partial charge in [-0.25, -0.2) is 4.98 Å². The number of aromatic nitrogens is 1. The molecule has 0 bridgehead atoms. The van der Waals surface area contributed by atoms with Gasteiger partial charge in [-0.3, -0.25) is 0 Å². The molecule has 0 saturated heterocycles. The zero-order valence-corrected chi connectivity index (χ0v) is 7.17. The van der Waals surface area contributed by atoms with E-state index in [9.17, 15) is 0 Å². The Kier molecular flexibility index (Phi) is 2.38. The Labute approximate surface area is 71.8 Å². The largest absolute Gasteiger partial charge is 0.397 e. The first-order valence-electron chi connectivity index (χ1n) is 3.95. The van der Waals surface area contributed by atoms with Gasteiger partial charge in [0.15, 0.2) is 0 Å². The summed E-state index contributed by atoms with van der Waals surface area (Å²) in [6.45, 7) is 2.07. The Balaban J connectivity index is 3.04. The number of nitrogens with two attached hydrogens (primary N) is 3. The number of nitrogens with zero attached hydrogens (tertiary/aromatic N) is 1. The van der Waals surface area contributed by atoms with Crippen LogP contribution in [0.1, 0.15) is 19.0 Å². The minimum Gasteiger partial charge on any atom is -0.397 e. The molecule has 0 saturated carbocycles. The third-order valence-electron chi connectivity index (χ3n) is 1.68. The van der Waals surface area contributed by atoms with Crippen LogP contribution in [0.3, 0.4) is 0 Å². The molecule has 0 radical (unpaired) electrons. The van der Waals surface area contributed by atoms with Crippen LogP contribution in [0, 0.1) is 0 Å². The summed E-state index contributed by atoms with van der Waals surface area (Å²) in [6.07, 6.45) is 1.91. The first-order chi connectivity index (χ1) is 5.65. The maximum Gasteiger partial charge on any atom is 0.149 e. The fourth-order valence-corrected chi connectivity index (χ4v) is 1.04. The van der Waals surface area contributed by atoms with Crippen molar-refractivity contribution in [3.8, 4) is 0 Å². The van der Waals surface area contributed by atoms with Crippen molar-refractivity contribution in [1.29, 1.82) is 0 Å². The quantitative estimate of drug-likeness (QED) is 0.605. The van der Waals surface area contributed by atoms with Gasteiger partial charge in [-0.15, -0.1) is 0 Å². The number of hydrogen-bond donors (Lipinski definition) is 3. The van der Waals surface area contributed by atoms with E-state index in [-0.39, 0.29) is 0 Å². The minimum atomic E-state index is 0.332. The van der Waals surface area contributed by atoms with E-state index in [0.29, 0.717) is 17.2 Å². The predicted octanol–water partition coefficient (Wildman–Crippen LogP) is 0.781. The lowest BCUT2D eigenvalue weighted by molar-refractivity contribution is 0.886. The van der Waals surface area contributed by atoms with E-state index in [1.165, 1.54) is 0 Å². The molecule has 0 aliphatic carbocycles. The first-order valence-corrected chi connectivity index (χ1v) is 3.95. The number of nitrogen functional groups attached to an aromatic ring is 3. The van der Waals surface area contributed by atoms with Gasteiger partial charge in [-0.2, -0.15) is 0 Å². The molecule has 6 N–H and O–H groups in total. The van der Waals surface area contributed by atoms with Crippen LogP contribution in [0.15, 0.2) is 6.07 Å². The van der Waals surface area contributed by atoms with Crippen molar-refractivity contribution in [1.82, 2.24) is 4.98 Å². The molecule has 0 amide bonds. The van der Waals surface area contributed by atoms with E-state index in [1.807, 2.05) is 0 Å². The maximum atomic E-state index is 5.61. The lowest BCUT2D eigenvalue weighted by Crippen LogP contribution is -2.04. The SMILES string of the molecule is CCCc1cc(N)c(N)c(N)n1. The average molecular weight is 166 g/mol. The summed E-state index contributed by atoms with van der Waals surface area (Å²) < 4.78 is 0. The summed E-state index contributed by atoms with van der Waals surface area (Å²) in [5.41, 5.74) is 18.5. The number of hydrogen-bond acceptors (Lipinski definition) is 4. The van der Waals surface area contributed by atoms with Crippen molar-refractivity contribution >= 4 is 17.2 Å². The highest BCUT2D eigenvalue weighted by molar-refractivity contribution is 5.74. The van der Waals surface area contributed by atoms with Crippen molar-refractivity contribution in [3.05, 3.63) is 11.8 Å². The van der Waals surface area contributed by atoms with Gasteiger partial charge in [0, 0.05) is 5.69 Å². The topological polar surface area (TPSA) is 91.0 Å². The molecule has 4 nitrogen and oxygen atoms in total. The Bertz CT molecular complexity index is 259. The van der Waals surface area contributed by atoms with Crippen LogP contribution in [-0.4, -0.2) is 4.98 Å². The Hall–Kier alpha value is -1.45. The van der Waals surface area contributed by atoms with E-state index in [4.69, 9.17) is 17.2 Å². The fourth-order valence-electron chi connectivity index (χ4n) is 1.04. The van der Waals surface area contributed by atoms with Crippen molar-refractivity contribution in [3.63, 3.8) is 0 Å². The van der Waals surface area contributed by atoms with Crippen LogP contribution >= 0.6 is 0 Å². The first kappa shape index (κ1) is 8.64. The van der Waals surface area contributed by atoms with Gasteiger partial charge in [0.2, 0.25) is 0 Å². The number of anilines is 3. The van der Waals surface area contributed by atoms with Crippen LogP contribution in [0.4, 0.5) is 17.2 Å². The Morgan fingerprint density at radius 3 is 2.50 bits per heavy atom. The molecule has 0 unspecified atom stereocenters. The smallest absolute Gasteiger partial charge is 0.149 e. The standard InChI is InChI=1S/C8H14N4/c1-2-3-5-4-6(9)7(10)8(11)12-5/h4H,2-3,10H2,1H3,(H4,9,11,12). The maximum absolute atomic E-state index is 5.61. The highest BCUT2D eigenvalue weighted by atomic mass is 14.9. The molecule has 0 spiro atoms. The van der Waals surface area contributed by atoms with Gasteiger partial charge in [-0.1, -0.05) is 13.3 Å². The Morgan fingerprint density at radius 1 is 1.33 bits per heavy atom. The van der Waals surface area contributed by atoms with Gasteiger partial charge in [0.05, 0.1) is 11.4 Å². The second-order valence-corrected chi connectivity index (χ2v) is 2.75.